The predicted octanol–water partition coefficient (Wildman–Crippen LogP) is 3.00. The van der Waals surface area contributed by atoms with Crippen LogP contribution in [-0.4, -0.2) is 40.8 Å². The van der Waals surface area contributed by atoms with E-state index in [0.717, 1.165) is 24.2 Å². The van der Waals surface area contributed by atoms with Gasteiger partial charge in [-0.3, -0.25) is 9.69 Å². The molecule has 0 saturated carbocycles. The zero-order valence-electron chi connectivity index (χ0n) is 11.3. The van der Waals surface area contributed by atoms with E-state index >= 15 is 0 Å². The second-order valence-electron chi connectivity index (χ2n) is 5.19. The van der Waals surface area contributed by atoms with Crippen LogP contribution in [0, 0.1) is 6.92 Å². The standard InChI is InChI=1S/C15H21NOS/c1-11-6-4-5-7-14(11)15(17)10-16-8-12(2)18-13(3)9-16/h4-7,12-13H,8-10H2,1-3H3. The van der Waals surface area contributed by atoms with Gasteiger partial charge in [-0.2, -0.15) is 11.8 Å². The van der Waals surface area contributed by atoms with Gasteiger partial charge < -0.3 is 0 Å². The molecule has 2 rings (SSSR count). The summed E-state index contributed by atoms with van der Waals surface area (Å²) in [5.41, 5.74) is 1.95. The highest BCUT2D eigenvalue weighted by Crippen LogP contribution is 2.24. The fourth-order valence-corrected chi connectivity index (χ4v) is 3.97. The van der Waals surface area contributed by atoms with Crippen molar-refractivity contribution in [2.24, 2.45) is 0 Å². The molecule has 1 aromatic carbocycles. The Morgan fingerprint density at radius 2 is 1.89 bits per heavy atom. The number of hydrogen-bond donors (Lipinski definition) is 0. The van der Waals surface area contributed by atoms with E-state index in [1.165, 1.54) is 0 Å². The normalized spacial score (nSPS) is 25.1. The van der Waals surface area contributed by atoms with Crippen LogP contribution in [0.5, 0.6) is 0 Å². The number of hydrogen-bond acceptors (Lipinski definition) is 3. The number of rotatable bonds is 3. The van der Waals surface area contributed by atoms with Crippen molar-refractivity contribution in [3.63, 3.8) is 0 Å². The quantitative estimate of drug-likeness (QED) is 0.782. The second-order valence-corrected chi connectivity index (χ2v) is 7.07. The van der Waals surface area contributed by atoms with Crippen LogP contribution in [0.3, 0.4) is 0 Å². The molecule has 1 aliphatic rings. The molecule has 1 aromatic rings. The summed E-state index contributed by atoms with van der Waals surface area (Å²) in [4.78, 5) is 14.6. The minimum absolute atomic E-state index is 0.249. The lowest BCUT2D eigenvalue weighted by atomic mass is 10.0. The minimum atomic E-state index is 0.249. The molecule has 2 unspecified atom stereocenters. The Labute approximate surface area is 114 Å². The Balaban J connectivity index is 2.01. The minimum Gasteiger partial charge on any atom is -0.294 e. The maximum Gasteiger partial charge on any atom is 0.177 e. The van der Waals surface area contributed by atoms with E-state index in [1.54, 1.807) is 0 Å². The maximum absolute atomic E-state index is 12.3. The van der Waals surface area contributed by atoms with Crippen LogP contribution in [0.15, 0.2) is 24.3 Å². The lowest BCUT2D eigenvalue weighted by molar-refractivity contribution is 0.0929. The zero-order valence-corrected chi connectivity index (χ0v) is 12.2. The van der Waals surface area contributed by atoms with Gasteiger partial charge in [-0.15, -0.1) is 0 Å². The van der Waals surface area contributed by atoms with E-state index in [4.69, 9.17) is 0 Å². The molecular formula is C15H21NOS. The number of ketones is 1. The number of thioether (sulfide) groups is 1. The molecule has 3 heteroatoms. The van der Waals surface area contributed by atoms with Gasteiger partial charge in [0.25, 0.3) is 0 Å². The predicted molar refractivity (Wildman–Crippen MR) is 78.5 cm³/mol. The van der Waals surface area contributed by atoms with Crippen LogP contribution in [-0.2, 0) is 0 Å². The molecule has 2 atom stereocenters. The number of nitrogens with zero attached hydrogens (tertiary/aromatic N) is 1. The smallest absolute Gasteiger partial charge is 0.177 e. The van der Waals surface area contributed by atoms with E-state index < -0.39 is 0 Å². The number of Topliss-reactive ketones (excluding diaryl/α,β-unsaturated/α-hetero) is 1. The van der Waals surface area contributed by atoms with Crippen molar-refractivity contribution in [2.75, 3.05) is 19.6 Å². The van der Waals surface area contributed by atoms with Gasteiger partial charge in [0.1, 0.15) is 0 Å². The zero-order chi connectivity index (χ0) is 13.1. The summed E-state index contributed by atoms with van der Waals surface area (Å²) in [5.74, 6) is 0.249. The highest BCUT2D eigenvalue weighted by molar-refractivity contribution is 8.00. The molecule has 0 amide bonds. The molecule has 1 saturated heterocycles. The van der Waals surface area contributed by atoms with E-state index in [-0.39, 0.29) is 5.78 Å². The van der Waals surface area contributed by atoms with Crippen molar-refractivity contribution in [3.8, 4) is 0 Å². The summed E-state index contributed by atoms with van der Waals surface area (Å²) >= 11 is 2.02. The summed E-state index contributed by atoms with van der Waals surface area (Å²) < 4.78 is 0. The Hall–Kier alpha value is -0.800. The molecule has 0 N–H and O–H groups in total. The lowest BCUT2D eigenvalue weighted by Gasteiger charge is -2.34. The molecule has 0 aromatic heterocycles. The van der Waals surface area contributed by atoms with Crippen LogP contribution < -0.4 is 0 Å². The van der Waals surface area contributed by atoms with Gasteiger partial charge in [0.05, 0.1) is 6.54 Å². The Kier molecular flexibility index (Phi) is 4.46. The first-order chi connectivity index (χ1) is 8.56. The van der Waals surface area contributed by atoms with Crippen LogP contribution in [0.4, 0.5) is 0 Å². The molecule has 2 nitrogen and oxygen atoms in total. The van der Waals surface area contributed by atoms with Crippen molar-refractivity contribution in [1.29, 1.82) is 0 Å². The third-order valence-electron chi connectivity index (χ3n) is 3.31. The van der Waals surface area contributed by atoms with Crippen LogP contribution >= 0.6 is 11.8 Å². The van der Waals surface area contributed by atoms with Crippen molar-refractivity contribution in [1.82, 2.24) is 4.90 Å². The number of aryl methyl sites for hydroxylation is 1. The highest BCUT2D eigenvalue weighted by atomic mass is 32.2. The largest absolute Gasteiger partial charge is 0.294 e. The lowest BCUT2D eigenvalue weighted by Crippen LogP contribution is -2.43. The summed E-state index contributed by atoms with van der Waals surface area (Å²) in [6.45, 7) is 9.08. The van der Waals surface area contributed by atoms with Gasteiger partial charge in [-0.25, -0.2) is 0 Å². The number of carbonyl (C=O) groups excluding carboxylic acids is 1. The van der Waals surface area contributed by atoms with Gasteiger partial charge in [0.2, 0.25) is 0 Å². The van der Waals surface area contributed by atoms with E-state index in [1.807, 2.05) is 43.0 Å². The van der Waals surface area contributed by atoms with Crippen LogP contribution in [0.2, 0.25) is 0 Å². The van der Waals surface area contributed by atoms with Gasteiger partial charge >= 0.3 is 0 Å². The summed E-state index contributed by atoms with van der Waals surface area (Å²) in [6, 6.07) is 7.86. The Morgan fingerprint density at radius 1 is 1.28 bits per heavy atom. The van der Waals surface area contributed by atoms with Crippen molar-refractivity contribution in [2.45, 2.75) is 31.3 Å². The first kappa shape index (κ1) is 13.6. The molecule has 1 heterocycles. The van der Waals surface area contributed by atoms with Crippen molar-refractivity contribution >= 4 is 17.5 Å². The van der Waals surface area contributed by atoms with E-state index in [9.17, 15) is 4.79 Å². The average Bonchev–Trinajstić information content (AvgIpc) is 2.27. The average molecular weight is 263 g/mol. The fraction of sp³-hybridized carbons (Fsp3) is 0.533. The van der Waals surface area contributed by atoms with Crippen LogP contribution in [0.1, 0.15) is 29.8 Å². The third kappa shape index (κ3) is 3.36. The molecule has 1 aliphatic heterocycles. The topological polar surface area (TPSA) is 20.3 Å². The molecule has 0 radical (unpaired) electrons. The molecule has 0 aliphatic carbocycles. The molecule has 0 bridgehead atoms. The third-order valence-corrected chi connectivity index (χ3v) is 4.54. The first-order valence-corrected chi connectivity index (χ1v) is 7.47. The second kappa shape index (κ2) is 5.89. The van der Waals surface area contributed by atoms with Gasteiger partial charge in [-0.1, -0.05) is 38.1 Å². The molecule has 98 valence electrons. The molecule has 0 spiro atoms. The van der Waals surface area contributed by atoms with Crippen molar-refractivity contribution in [3.05, 3.63) is 35.4 Å². The first-order valence-electron chi connectivity index (χ1n) is 6.53. The van der Waals surface area contributed by atoms with Crippen molar-refractivity contribution < 1.29 is 4.79 Å². The van der Waals surface area contributed by atoms with E-state index in [0.29, 0.717) is 17.0 Å². The Morgan fingerprint density at radius 3 is 2.50 bits per heavy atom. The Bertz CT molecular complexity index is 422. The van der Waals surface area contributed by atoms with E-state index in [2.05, 4.69) is 18.7 Å². The monoisotopic (exact) mass is 263 g/mol. The van der Waals surface area contributed by atoms with Crippen LogP contribution in [0.25, 0.3) is 0 Å². The molecular weight excluding hydrogens is 242 g/mol. The molecule has 1 fully saturated rings. The number of carbonyl (C=O) groups is 1. The number of benzene rings is 1. The fourth-order valence-electron chi connectivity index (χ4n) is 2.59. The van der Waals surface area contributed by atoms with Gasteiger partial charge in [-0.05, 0) is 12.5 Å². The molecule has 18 heavy (non-hydrogen) atoms. The summed E-state index contributed by atoms with van der Waals surface area (Å²) in [5, 5.41) is 1.25. The maximum atomic E-state index is 12.3. The summed E-state index contributed by atoms with van der Waals surface area (Å²) in [6.07, 6.45) is 0. The highest BCUT2D eigenvalue weighted by Gasteiger charge is 2.24. The summed E-state index contributed by atoms with van der Waals surface area (Å²) in [7, 11) is 0. The van der Waals surface area contributed by atoms with Gasteiger partial charge in [0, 0.05) is 29.2 Å². The SMILES string of the molecule is Cc1ccccc1C(=O)CN1CC(C)SC(C)C1. The van der Waals surface area contributed by atoms with Gasteiger partial charge in [0.15, 0.2) is 5.78 Å².